The van der Waals surface area contributed by atoms with Crippen LogP contribution >= 0.6 is 0 Å². The normalized spacial score (nSPS) is 12.2. The second-order valence-corrected chi connectivity index (χ2v) is 3.99. The molecule has 6 nitrogen and oxygen atoms in total. The summed E-state index contributed by atoms with van der Waals surface area (Å²) in [6.45, 7) is 4.75. The topological polar surface area (TPSA) is 84.5 Å². The lowest BCUT2D eigenvalue weighted by Gasteiger charge is -2.21. The highest BCUT2D eigenvalue weighted by Gasteiger charge is 2.14. The quantitative estimate of drug-likeness (QED) is 0.760. The van der Waals surface area contributed by atoms with E-state index in [2.05, 4.69) is 9.97 Å². The van der Waals surface area contributed by atoms with Crippen molar-refractivity contribution in [2.45, 2.75) is 26.4 Å². The summed E-state index contributed by atoms with van der Waals surface area (Å²) in [4.78, 5) is 9.87. The number of aliphatic hydroxyl groups is 1. The van der Waals surface area contributed by atoms with Gasteiger partial charge in [-0.2, -0.15) is 4.98 Å². The fraction of sp³-hybridized carbons (Fsp3) is 0.636. The molecule has 17 heavy (non-hydrogen) atoms. The summed E-state index contributed by atoms with van der Waals surface area (Å²) < 4.78 is 5.42. The zero-order valence-corrected chi connectivity index (χ0v) is 10.6. The van der Waals surface area contributed by atoms with Gasteiger partial charge in [0.25, 0.3) is 0 Å². The molecule has 0 spiro atoms. The maximum atomic E-state index is 9.33. The molecular formula is C11H20N4O2. The molecule has 1 rings (SSSR count). The van der Waals surface area contributed by atoms with Crippen molar-refractivity contribution >= 4 is 11.5 Å². The maximum absolute atomic E-state index is 9.33. The van der Waals surface area contributed by atoms with E-state index in [1.54, 1.807) is 11.8 Å². The van der Waals surface area contributed by atoms with E-state index in [1.807, 2.05) is 14.0 Å². The largest absolute Gasteiger partial charge is 0.476 e. The summed E-state index contributed by atoms with van der Waals surface area (Å²) in [5.41, 5.74) is 6.33. The number of aromatic nitrogens is 2. The molecule has 0 aliphatic carbocycles. The van der Waals surface area contributed by atoms with Crippen molar-refractivity contribution in [2.75, 3.05) is 30.8 Å². The molecule has 1 heterocycles. The van der Waals surface area contributed by atoms with Gasteiger partial charge in [-0.15, -0.1) is 0 Å². The third kappa shape index (κ3) is 3.74. The Labute approximate surface area is 101 Å². The van der Waals surface area contributed by atoms with E-state index in [-0.39, 0.29) is 0 Å². The number of hydrogen-bond acceptors (Lipinski definition) is 6. The first-order chi connectivity index (χ1) is 8.06. The van der Waals surface area contributed by atoms with Crippen molar-refractivity contribution in [3.05, 3.63) is 6.33 Å². The van der Waals surface area contributed by atoms with Crippen LogP contribution in [0, 0.1) is 0 Å². The van der Waals surface area contributed by atoms with Gasteiger partial charge in [0.15, 0.2) is 5.82 Å². The Kier molecular flexibility index (Phi) is 4.96. The number of likely N-dealkylation sites (N-methyl/N-ethyl adjacent to an activating group) is 1. The van der Waals surface area contributed by atoms with E-state index < -0.39 is 6.10 Å². The van der Waals surface area contributed by atoms with E-state index in [0.29, 0.717) is 30.5 Å². The lowest BCUT2D eigenvalue weighted by atomic mass is 10.3. The van der Waals surface area contributed by atoms with Gasteiger partial charge in [0, 0.05) is 13.6 Å². The average molecular weight is 240 g/mol. The fourth-order valence-electron chi connectivity index (χ4n) is 1.47. The van der Waals surface area contributed by atoms with Crippen LogP contribution in [0.5, 0.6) is 5.88 Å². The van der Waals surface area contributed by atoms with Crippen LogP contribution in [0.3, 0.4) is 0 Å². The van der Waals surface area contributed by atoms with E-state index in [0.717, 1.165) is 6.42 Å². The van der Waals surface area contributed by atoms with Gasteiger partial charge in [0.05, 0.1) is 12.7 Å². The fourth-order valence-corrected chi connectivity index (χ4v) is 1.47. The molecule has 0 aromatic carbocycles. The molecule has 6 heteroatoms. The minimum absolute atomic E-state index is 0.397. The van der Waals surface area contributed by atoms with E-state index >= 15 is 0 Å². The van der Waals surface area contributed by atoms with Crippen LogP contribution < -0.4 is 15.4 Å². The molecule has 0 bridgehead atoms. The first-order valence-corrected chi connectivity index (χ1v) is 5.68. The van der Waals surface area contributed by atoms with Crippen LogP contribution in [-0.2, 0) is 0 Å². The summed E-state index contributed by atoms with van der Waals surface area (Å²) in [7, 11) is 1.81. The summed E-state index contributed by atoms with van der Waals surface area (Å²) in [5.74, 6) is 0.973. The number of hydrogen-bond donors (Lipinski definition) is 2. The average Bonchev–Trinajstić information content (AvgIpc) is 2.26. The second kappa shape index (κ2) is 6.24. The van der Waals surface area contributed by atoms with Gasteiger partial charge >= 0.3 is 0 Å². The minimum Gasteiger partial charge on any atom is -0.476 e. The van der Waals surface area contributed by atoms with Crippen LogP contribution in [0.2, 0.25) is 0 Å². The van der Waals surface area contributed by atoms with Crippen LogP contribution in [0.15, 0.2) is 6.33 Å². The van der Waals surface area contributed by atoms with Crippen LogP contribution in [-0.4, -0.2) is 41.4 Å². The molecule has 1 atom stereocenters. The lowest BCUT2D eigenvalue weighted by molar-refractivity contribution is 0.201. The Balaban J connectivity index is 2.85. The highest BCUT2D eigenvalue weighted by Crippen LogP contribution is 2.27. The number of nitrogens with zero attached hydrogens (tertiary/aromatic N) is 3. The SMILES string of the molecule is CCCOc1ncnc(N(C)CC(C)O)c1N. The van der Waals surface area contributed by atoms with Crippen molar-refractivity contribution in [3.8, 4) is 5.88 Å². The van der Waals surface area contributed by atoms with E-state index in [9.17, 15) is 5.11 Å². The molecule has 1 unspecified atom stereocenters. The van der Waals surface area contributed by atoms with E-state index in [4.69, 9.17) is 10.5 Å². The molecule has 1 aromatic heterocycles. The first-order valence-electron chi connectivity index (χ1n) is 5.68. The van der Waals surface area contributed by atoms with Crippen molar-refractivity contribution < 1.29 is 9.84 Å². The number of aliphatic hydroxyl groups excluding tert-OH is 1. The first kappa shape index (κ1) is 13.5. The van der Waals surface area contributed by atoms with Crippen LogP contribution in [0.4, 0.5) is 11.5 Å². The molecule has 1 aromatic rings. The highest BCUT2D eigenvalue weighted by molar-refractivity contribution is 5.67. The number of nitrogen functional groups attached to an aromatic ring is 1. The van der Waals surface area contributed by atoms with Gasteiger partial charge in [0.1, 0.15) is 12.0 Å². The summed E-state index contributed by atoms with van der Waals surface area (Å²) in [5, 5.41) is 9.33. The Morgan fingerprint density at radius 2 is 2.24 bits per heavy atom. The number of anilines is 2. The Hall–Kier alpha value is -1.56. The highest BCUT2D eigenvalue weighted by atomic mass is 16.5. The minimum atomic E-state index is -0.450. The molecule has 0 saturated heterocycles. The van der Waals surface area contributed by atoms with Gasteiger partial charge in [-0.05, 0) is 13.3 Å². The molecule has 0 aliphatic heterocycles. The van der Waals surface area contributed by atoms with Gasteiger partial charge in [0.2, 0.25) is 5.88 Å². The van der Waals surface area contributed by atoms with Gasteiger partial charge in [-0.3, -0.25) is 0 Å². The Bertz CT molecular complexity index is 357. The van der Waals surface area contributed by atoms with Crippen LogP contribution in [0.1, 0.15) is 20.3 Å². The number of ether oxygens (including phenoxy) is 1. The summed E-state index contributed by atoms with van der Waals surface area (Å²) in [6, 6.07) is 0. The summed E-state index contributed by atoms with van der Waals surface area (Å²) in [6.07, 6.45) is 1.85. The lowest BCUT2D eigenvalue weighted by Crippen LogP contribution is -2.28. The monoisotopic (exact) mass is 240 g/mol. The molecule has 0 aliphatic rings. The zero-order valence-electron chi connectivity index (χ0n) is 10.6. The second-order valence-electron chi connectivity index (χ2n) is 3.99. The standard InChI is InChI=1S/C11H20N4O2/c1-4-5-17-11-9(12)10(13-7-14-11)15(3)6-8(2)16/h7-8,16H,4-6,12H2,1-3H3. The predicted octanol–water partition coefficient (Wildman–Crippen LogP) is 0.665. The van der Waals surface area contributed by atoms with Crippen molar-refractivity contribution in [1.82, 2.24) is 9.97 Å². The van der Waals surface area contributed by atoms with E-state index in [1.165, 1.54) is 6.33 Å². The van der Waals surface area contributed by atoms with Crippen molar-refractivity contribution in [1.29, 1.82) is 0 Å². The molecule has 96 valence electrons. The molecule has 3 N–H and O–H groups in total. The van der Waals surface area contributed by atoms with Gasteiger partial charge in [-0.25, -0.2) is 4.98 Å². The summed E-state index contributed by atoms with van der Waals surface area (Å²) >= 11 is 0. The van der Waals surface area contributed by atoms with Gasteiger partial charge < -0.3 is 20.5 Å². The van der Waals surface area contributed by atoms with Gasteiger partial charge in [-0.1, -0.05) is 6.92 Å². The smallest absolute Gasteiger partial charge is 0.242 e. The molecule has 0 amide bonds. The predicted molar refractivity (Wildman–Crippen MR) is 67.2 cm³/mol. The molecule has 0 radical (unpaired) electrons. The molecule has 0 fully saturated rings. The molecular weight excluding hydrogens is 220 g/mol. The molecule has 0 saturated carbocycles. The van der Waals surface area contributed by atoms with Crippen molar-refractivity contribution in [3.63, 3.8) is 0 Å². The third-order valence-electron chi connectivity index (χ3n) is 2.17. The number of nitrogens with two attached hydrogens (primary N) is 1. The van der Waals surface area contributed by atoms with Crippen molar-refractivity contribution in [2.24, 2.45) is 0 Å². The third-order valence-corrected chi connectivity index (χ3v) is 2.17. The zero-order chi connectivity index (χ0) is 12.8. The Morgan fingerprint density at radius 3 is 2.82 bits per heavy atom. The maximum Gasteiger partial charge on any atom is 0.242 e. The van der Waals surface area contributed by atoms with Crippen LogP contribution in [0.25, 0.3) is 0 Å². The number of rotatable bonds is 6. The Morgan fingerprint density at radius 1 is 1.53 bits per heavy atom.